The summed E-state index contributed by atoms with van der Waals surface area (Å²) in [6.07, 6.45) is 0. The van der Waals surface area contributed by atoms with Gasteiger partial charge in [0.2, 0.25) is 0 Å². The van der Waals surface area contributed by atoms with E-state index in [0.29, 0.717) is 30.0 Å². The van der Waals surface area contributed by atoms with Crippen LogP contribution in [0.1, 0.15) is 20.7 Å². The normalized spacial score (nSPS) is 10.5. The Labute approximate surface area is 180 Å². The fourth-order valence-corrected chi connectivity index (χ4v) is 3.19. The molecule has 154 valence electrons. The SMILES string of the molecule is O=C(NCCOc1ccc2ccccc2c1)c1ccc(NC(=O)c2ccccc2)cc1. The Bertz CT molecular complexity index is 1190. The second-order valence-electron chi connectivity index (χ2n) is 7.01. The Morgan fingerprint density at radius 1 is 0.677 bits per heavy atom. The molecule has 0 unspecified atom stereocenters. The molecule has 4 aromatic rings. The first-order valence-electron chi connectivity index (χ1n) is 10.1. The first-order chi connectivity index (χ1) is 15.2. The minimum Gasteiger partial charge on any atom is -0.492 e. The van der Waals surface area contributed by atoms with Gasteiger partial charge in [0.1, 0.15) is 12.4 Å². The Morgan fingerprint density at radius 3 is 2.13 bits per heavy atom. The second-order valence-corrected chi connectivity index (χ2v) is 7.01. The first kappa shape index (κ1) is 20.2. The highest BCUT2D eigenvalue weighted by Gasteiger charge is 2.08. The van der Waals surface area contributed by atoms with Gasteiger partial charge in [0, 0.05) is 16.8 Å². The number of carbonyl (C=O) groups is 2. The molecular formula is C26H22N2O3. The maximum absolute atomic E-state index is 12.3. The molecule has 0 saturated heterocycles. The third-order valence-corrected chi connectivity index (χ3v) is 4.82. The number of hydrogen-bond acceptors (Lipinski definition) is 3. The molecule has 0 bridgehead atoms. The summed E-state index contributed by atoms with van der Waals surface area (Å²) in [5.74, 6) is 0.387. The zero-order chi connectivity index (χ0) is 21.5. The van der Waals surface area contributed by atoms with Crippen molar-refractivity contribution in [1.29, 1.82) is 0 Å². The number of carbonyl (C=O) groups excluding carboxylic acids is 2. The molecule has 0 radical (unpaired) electrons. The van der Waals surface area contributed by atoms with Crippen LogP contribution in [0.3, 0.4) is 0 Å². The average molecular weight is 410 g/mol. The van der Waals surface area contributed by atoms with Gasteiger partial charge in [0.25, 0.3) is 11.8 Å². The molecule has 0 atom stereocenters. The number of ether oxygens (including phenoxy) is 1. The summed E-state index contributed by atoms with van der Waals surface area (Å²) in [6.45, 7) is 0.757. The van der Waals surface area contributed by atoms with E-state index in [1.54, 1.807) is 36.4 Å². The number of amides is 2. The molecule has 31 heavy (non-hydrogen) atoms. The van der Waals surface area contributed by atoms with Crippen molar-refractivity contribution < 1.29 is 14.3 Å². The Balaban J connectivity index is 1.25. The van der Waals surface area contributed by atoms with Crippen LogP contribution in [0.4, 0.5) is 5.69 Å². The summed E-state index contributed by atoms with van der Waals surface area (Å²) in [4.78, 5) is 24.5. The molecule has 4 aromatic carbocycles. The van der Waals surface area contributed by atoms with Crippen molar-refractivity contribution in [3.05, 3.63) is 108 Å². The van der Waals surface area contributed by atoms with E-state index >= 15 is 0 Å². The standard InChI is InChI=1S/C26H22N2O3/c29-25(27-16-17-31-24-15-12-19-6-4-5-9-22(19)18-24)21-10-13-23(14-11-21)28-26(30)20-7-2-1-3-8-20/h1-15,18H,16-17H2,(H,27,29)(H,28,30). The monoisotopic (exact) mass is 410 g/mol. The summed E-state index contributed by atoms with van der Waals surface area (Å²) < 4.78 is 5.74. The zero-order valence-corrected chi connectivity index (χ0v) is 16.9. The molecule has 0 fully saturated rings. The topological polar surface area (TPSA) is 67.4 Å². The molecular weight excluding hydrogens is 388 g/mol. The molecule has 5 nitrogen and oxygen atoms in total. The van der Waals surface area contributed by atoms with Gasteiger partial charge < -0.3 is 15.4 Å². The quantitative estimate of drug-likeness (QED) is 0.426. The van der Waals surface area contributed by atoms with E-state index in [1.807, 2.05) is 54.6 Å². The lowest BCUT2D eigenvalue weighted by Crippen LogP contribution is -2.28. The van der Waals surface area contributed by atoms with E-state index in [2.05, 4.69) is 16.7 Å². The van der Waals surface area contributed by atoms with Crippen LogP contribution in [0.15, 0.2) is 97.1 Å². The van der Waals surface area contributed by atoms with E-state index < -0.39 is 0 Å². The fraction of sp³-hybridized carbons (Fsp3) is 0.0769. The Hall–Kier alpha value is -4.12. The highest BCUT2D eigenvalue weighted by molar-refractivity contribution is 6.04. The van der Waals surface area contributed by atoms with Crippen LogP contribution in [0.2, 0.25) is 0 Å². The fourth-order valence-electron chi connectivity index (χ4n) is 3.19. The lowest BCUT2D eigenvalue weighted by Gasteiger charge is -2.09. The molecule has 0 aromatic heterocycles. The molecule has 0 spiro atoms. The Morgan fingerprint density at radius 2 is 1.35 bits per heavy atom. The molecule has 2 N–H and O–H groups in total. The first-order valence-corrected chi connectivity index (χ1v) is 10.1. The number of fused-ring (bicyclic) bond motifs is 1. The molecule has 0 heterocycles. The van der Waals surface area contributed by atoms with Gasteiger partial charge in [0.15, 0.2) is 0 Å². The number of benzene rings is 4. The summed E-state index contributed by atoms with van der Waals surface area (Å²) in [5, 5.41) is 7.93. The number of rotatable bonds is 7. The van der Waals surface area contributed by atoms with E-state index in [0.717, 1.165) is 16.5 Å². The van der Waals surface area contributed by atoms with E-state index in [9.17, 15) is 9.59 Å². The van der Waals surface area contributed by atoms with Gasteiger partial charge in [-0.05, 0) is 59.3 Å². The van der Waals surface area contributed by atoms with Crippen LogP contribution in [0.25, 0.3) is 10.8 Å². The molecule has 0 aliphatic carbocycles. The molecule has 4 rings (SSSR count). The van der Waals surface area contributed by atoms with Crippen molar-refractivity contribution in [1.82, 2.24) is 5.32 Å². The average Bonchev–Trinajstić information content (AvgIpc) is 2.82. The second kappa shape index (κ2) is 9.59. The largest absolute Gasteiger partial charge is 0.492 e. The minimum atomic E-state index is -0.192. The lowest BCUT2D eigenvalue weighted by atomic mass is 10.1. The summed E-state index contributed by atoms with van der Waals surface area (Å²) >= 11 is 0. The molecule has 0 saturated carbocycles. The van der Waals surface area contributed by atoms with Crippen molar-refractivity contribution in [2.45, 2.75) is 0 Å². The van der Waals surface area contributed by atoms with Gasteiger partial charge in [-0.1, -0.05) is 48.5 Å². The van der Waals surface area contributed by atoms with Crippen LogP contribution in [0, 0.1) is 0 Å². The molecule has 2 amide bonds. The zero-order valence-electron chi connectivity index (χ0n) is 16.9. The van der Waals surface area contributed by atoms with Crippen LogP contribution in [0.5, 0.6) is 5.75 Å². The van der Waals surface area contributed by atoms with Crippen molar-refractivity contribution in [3.63, 3.8) is 0 Å². The predicted molar refractivity (Wildman–Crippen MR) is 123 cm³/mol. The van der Waals surface area contributed by atoms with Crippen molar-refractivity contribution in [2.24, 2.45) is 0 Å². The summed E-state index contributed by atoms with van der Waals surface area (Å²) in [6, 6.07) is 29.8. The van der Waals surface area contributed by atoms with Gasteiger partial charge in [0.05, 0.1) is 6.54 Å². The van der Waals surface area contributed by atoms with Crippen LogP contribution in [-0.2, 0) is 0 Å². The van der Waals surface area contributed by atoms with Gasteiger partial charge in [-0.2, -0.15) is 0 Å². The highest BCUT2D eigenvalue weighted by atomic mass is 16.5. The van der Waals surface area contributed by atoms with Crippen molar-refractivity contribution in [2.75, 3.05) is 18.5 Å². The molecule has 0 aliphatic rings. The third kappa shape index (κ3) is 5.28. The van der Waals surface area contributed by atoms with Crippen molar-refractivity contribution in [3.8, 4) is 5.75 Å². The number of hydrogen-bond donors (Lipinski definition) is 2. The maximum Gasteiger partial charge on any atom is 0.255 e. The summed E-state index contributed by atoms with van der Waals surface area (Å²) in [7, 11) is 0. The van der Waals surface area contributed by atoms with E-state index in [1.165, 1.54) is 0 Å². The van der Waals surface area contributed by atoms with Gasteiger partial charge in [-0.25, -0.2) is 0 Å². The third-order valence-electron chi connectivity index (χ3n) is 4.82. The highest BCUT2D eigenvalue weighted by Crippen LogP contribution is 2.20. The van der Waals surface area contributed by atoms with Gasteiger partial charge in [-0.3, -0.25) is 9.59 Å². The number of anilines is 1. The predicted octanol–water partition coefficient (Wildman–Crippen LogP) is 4.90. The molecule has 5 heteroatoms. The van der Waals surface area contributed by atoms with Gasteiger partial charge in [-0.15, -0.1) is 0 Å². The van der Waals surface area contributed by atoms with E-state index in [-0.39, 0.29) is 11.8 Å². The van der Waals surface area contributed by atoms with E-state index in [4.69, 9.17) is 4.74 Å². The minimum absolute atomic E-state index is 0.191. The lowest BCUT2D eigenvalue weighted by molar-refractivity contribution is 0.0946. The van der Waals surface area contributed by atoms with Crippen LogP contribution in [-0.4, -0.2) is 25.0 Å². The van der Waals surface area contributed by atoms with Gasteiger partial charge >= 0.3 is 0 Å². The molecule has 0 aliphatic heterocycles. The van der Waals surface area contributed by atoms with Crippen LogP contribution >= 0.6 is 0 Å². The smallest absolute Gasteiger partial charge is 0.255 e. The van der Waals surface area contributed by atoms with Crippen molar-refractivity contribution >= 4 is 28.3 Å². The number of nitrogens with one attached hydrogen (secondary N) is 2. The van der Waals surface area contributed by atoms with Crippen LogP contribution < -0.4 is 15.4 Å². The Kier molecular flexibility index (Phi) is 6.24. The maximum atomic E-state index is 12.3. The summed E-state index contributed by atoms with van der Waals surface area (Å²) in [5.41, 5.74) is 1.73.